The Morgan fingerprint density at radius 2 is 1.62 bits per heavy atom. The minimum Gasteiger partial charge on any atom is -0.342 e. The van der Waals surface area contributed by atoms with Crippen molar-refractivity contribution in [3.05, 3.63) is 0 Å². The van der Waals surface area contributed by atoms with Gasteiger partial charge in [-0.15, -0.1) is 0 Å². The fourth-order valence-electron chi connectivity index (χ4n) is 4.15. The summed E-state index contributed by atoms with van der Waals surface area (Å²) >= 11 is 0. The maximum atomic E-state index is 11.9. The van der Waals surface area contributed by atoms with E-state index in [1.54, 1.807) is 0 Å². The maximum absolute atomic E-state index is 11.9. The molecule has 0 aromatic heterocycles. The molecule has 3 aliphatic heterocycles. The van der Waals surface area contributed by atoms with Crippen LogP contribution in [-0.4, -0.2) is 61.5 Å². The third-order valence-corrected chi connectivity index (χ3v) is 5.58. The second kappa shape index (κ2) is 7.59. The van der Waals surface area contributed by atoms with E-state index in [2.05, 4.69) is 15.1 Å². The molecule has 3 heterocycles. The molecule has 4 heteroatoms. The standard InChI is InChI=1S/C17H31N3O/c21-17-3-1-2-10-20(17)14-16-6-11-19(12-7-16)13-15-4-8-18-9-5-15/h15-16,18H,1-14H2. The first-order chi connectivity index (χ1) is 10.3. The molecular formula is C17H31N3O. The Hall–Kier alpha value is -0.610. The predicted octanol–water partition coefficient (Wildman–Crippen LogP) is 1.71. The molecule has 0 spiro atoms. The summed E-state index contributed by atoms with van der Waals surface area (Å²) in [5, 5.41) is 3.45. The first kappa shape index (κ1) is 15.3. The number of rotatable bonds is 4. The molecule has 0 saturated carbocycles. The summed E-state index contributed by atoms with van der Waals surface area (Å²) in [4.78, 5) is 16.7. The molecule has 120 valence electrons. The van der Waals surface area contributed by atoms with Gasteiger partial charge in [0.2, 0.25) is 5.91 Å². The van der Waals surface area contributed by atoms with Crippen molar-refractivity contribution in [1.29, 1.82) is 0 Å². The number of amides is 1. The van der Waals surface area contributed by atoms with E-state index in [0.717, 1.165) is 37.8 Å². The van der Waals surface area contributed by atoms with Crippen LogP contribution in [0.5, 0.6) is 0 Å². The molecule has 0 aromatic rings. The molecular weight excluding hydrogens is 262 g/mol. The summed E-state index contributed by atoms with van der Waals surface area (Å²) in [5.74, 6) is 2.06. The summed E-state index contributed by atoms with van der Waals surface area (Å²) in [6.07, 6.45) is 8.37. The van der Waals surface area contributed by atoms with Gasteiger partial charge in [-0.3, -0.25) is 4.79 Å². The zero-order chi connectivity index (χ0) is 14.5. The first-order valence-corrected chi connectivity index (χ1v) is 9.02. The topological polar surface area (TPSA) is 35.6 Å². The van der Waals surface area contributed by atoms with Crippen LogP contribution in [0.1, 0.15) is 44.9 Å². The van der Waals surface area contributed by atoms with Crippen molar-refractivity contribution in [2.75, 3.05) is 45.8 Å². The zero-order valence-corrected chi connectivity index (χ0v) is 13.4. The average molecular weight is 293 g/mol. The molecule has 1 N–H and O–H groups in total. The van der Waals surface area contributed by atoms with Crippen LogP contribution in [0.3, 0.4) is 0 Å². The highest BCUT2D eigenvalue weighted by Crippen LogP contribution is 2.23. The molecule has 1 amide bonds. The van der Waals surface area contributed by atoms with Crippen molar-refractivity contribution in [2.24, 2.45) is 11.8 Å². The molecule has 0 aliphatic carbocycles. The second-order valence-electron chi connectivity index (χ2n) is 7.23. The number of carbonyl (C=O) groups is 1. The molecule has 4 nitrogen and oxygen atoms in total. The summed E-state index contributed by atoms with van der Waals surface area (Å²) in [7, 11) is 0. The number of nitrogens with zero attached hydrogens (tertiary/aromatic N) is 2. The average Bonchev–Trinajstić information content (AvgIpc) is 2.52. The molecule has 3 rings (SSSR count). The summed E-state index contributed by atoms with van der Waals surface area (Å²) in [6.45, 7) is 8.24. The lowest BCUT2D eigenvalue weighted by Gasteiger charge is -2.38. The number of piperidine rings is 3. The van der Waals surface area contributed by atoms with Crippen LogP contribution in [0.2, 0.25) is 0 Å². The fraction of sp³-hybridized carbons (Fsp3) is 0.941. The van der Waals surface area contributed by atoms with Gasteiger partial charge in [0, 0.05) is 26.1 Å². The van der Waals surface area contributed by atoms with Crippen LogP contribution in [-0.2, 0) is 4.79 Å². The quantitative estimate of drug-likeness (QED) is 0.857. The van der Waals surface area contributed by atoms with Gasteiger partial charge in [-0.1, -0.05) is 0 Å². The van der Waals surface area contributed by atoms with Crippen LogP contribution in [0.4, 0.5) is 0 Å². The molecule has 21 heavy (non-hydrogen) atoms. The molecule has 0 unspecified atom stereocenters. The lowest BCUT2D eigenvalue weighted by Crippen LogP contribution is -2.44. The molecule has 3 fully saturated rings. The van der Waals surface area contributed by atoms with E-state index in [1.165, 1.54) is 64.8 Å². The van der Waals surface area contributed by atoms with Gasteiger partial charge in [0.05, 0.1) is 0 Å². The second-order valence-corrected chi connectivity index (χ2v) is 7.23. The molecule has 3 aliphatic rings. The van der Waals surface area contributed by atoms with E-state index < -0.39 is 0 Å². The van der Waals surface area contributed by atoms with Crippen LogP contribution in [0.15, 0.2) is 0 Å². The van der Waals surface area contributed by atoms with E-state index in [-0.39, 0.29) is 0 Å². The first-order valence-electron chi connectivity index (χ1n) is 9.02. The van der Waals surface area contributed by atoms with E-state index in [1.807, 2.05) is 0 Å². The van der Waals surface area contributed by atoms with Crippen molar-refractivity contribution >= 4 is 5.91 Å². The molecule has 0 bridgehead atoms. The van der Waals surface area contributed by atoms with E-state index >= 15 is 0 Å². The smallest absolute Gasteiger partial charge is 0.222 e. The minimum atomic E-state index is 0.401. The van der Waals surface area contributed by atoms with E-state index in [9.17, 15) is 4.79 Å². The minimum absolute atomic E-state index is 0.401. The highest BCUT2D eigenvalue weighted by molar-refractivity contribution is 5.76. The van der Waals surface area contributed by atoms with Crippen LogP contribution >= 0.6 is 0 Å². The van der Waals surface area contributed by atoms with Gasteiger partial charge in [0.15, 0.2) is 0 Å². The number of nitrogens with one attached hydrogen (secondary N) is 1. The SMILES string of the molecule is O=C1CCCCN1CC1CCN(CC2CCNCC2)CC1. The monoisotopic (exact) mass is 293 g/mol. The van der Waals surface area contributed by atoms with Gasteiger partial charge in [0.1, 0.15) is 0 Å². The highest BCUT2D eigenvalue weighted by Gasteiger charge is 2.26. The number of likely N-dealkylation sites (tertiary alicyclic amines) is 2. The van der Waals surface area contributed by atoms with Gasteiger partial charge in [0.25, 0.3) is 0 Å². The Morgan fingerprint density at radius 1 is 0.905 bits per heavy atom. The van der Waals surface area contributed by atoms with Gasteiger partial charge in [-0.2, -0.15) is 0 Å². The number of hydrogen-bond acceptors (Lipinski definition) is 3. The molecule has 3 saturated heterocycles. The summed E-state index contributed by atoms with van der Waals surface area (Å²) < 4.78 is 0. The van der Waals surface area contributed by atoms with E-state index in [0.29, 0.717) is 5.91 Å². The van der Waals surface area contributed by atoms with E-state index in [4.69, 9.17) is 0 Å². The third kappa shape index (κ3) is 4.43. The lowest BCUT2D eigenvalue weighted by atomic mass is 9.92. The van der Waals surface area contributed by atoms with Gasteiger partial charge in [-0.25, -0.2) is 0 Å². The summed E-state index contributed by atoms with van der Waals surface area (Å²) in [6, 6.07) is 0. The number of hydrogen-bond donors (Lipinski definition) is 1. The van der Waals surface area contributed by atoms with Crippen molar-refractivity contribution in [2.45, 2.75) is 44.9 Å². The van der Waals surface area contributed by atoms with Crippen molar-refractivity contribution in [1.82, 2.24) is 15.1 Å². The van der Waals surface area contributed by atoms with Crippen molar-refractivity contribution in [3.63, 3.8) is 0 Å². The Balaban J connectivity index is 1.37. The van der Waals surface area contributed by atoms with Gasteiger partial charge < -0.3 is 15.1 Å². The highest BCUT2D eigenvalue weighted by atomic mass is 16.2. The lowest BCUT2D eigenvalue weighted by molar-refractivity contribution is -0.134. The Labute approximate surface area is 129 Å². The van der Waals surface area contributed by atoms with Crippen molar-refractivity contribution < 1.29 is 4.79 Å². The molecule has 0 aromatic carbocycles. The number of carbonyl (C=O) groups excluding carboxylic acids is 1. The Kier molecular flexibility index (Phi) is 5.53. The molecule has 0 atom stereocenters. The van der Waals surface area contributed by atoms with Crippen LogP contribution < -0.4 is 5.32 Å². The zero-order valence-electron chi connectivity index (χ0n) is 13.4. The normalized spacial score (nSPS) is 27.2. The van der Waals surface area contributed by atoms with Crippen molar-refractivity contribution in [3.8, 4) is 0 Å². The van der Waals surface area contributed by atoms with Gasteiger partial charge >= 0.3 is 0 Å². The van der Waals surface area contributed by atoms with Gasteiger partial charge in [-0.05, 0) is 76.5 Å². The summed E-state index contributed by atoms with van der Waals surface area (Å²) in [5.41, 5.74) is 0. The maximum Gasteiger partial charge on any atom is 0.222 e. The largest absolute Gasteiger partial charge is 0.342 e. The Morgan fingerprint density at radius 3 is 2.33 bits per heavy atom. The predicted molar refractivity (Wildman–Crippen MR) is 85.2 cm³/mol. The fourth-order valence-corrected chi connectivity index (χ4v) is 4.15. The van der Waals surface area contributed by atoms with Crippen LogP contribution in [0, 0.1) is 11.8 Å². The molecule has 0 radical (unpaired) electrons. The van der Waals surface area contributed by atoms with Crippen LogP contribution in [0.25, 0.3) is 0 Å². The Bertz CT molecular complexity index is 333. The third-order valence-electron chi connectivity index (χ3n) is 5.58.